The lowest BCUT2D eigenvalue weighted by atomic mass is 10.0. The van der Waals surface area contributed by atoms with Crippen molar-refractivity contribution in [1.29, 1.82) is 5.26 Å². The fourth-order valence-electron chi connectivity index (χ4n) is 3.42. The predicted molar refractivity (Wildman–Crippen MR) is 129 cm³/mol. The number of hydrogen-bond acceptors (Lipinski definition) is 8. The Hall–Kier alpha value is -3.26. The zero-order valence-electron chi connectivity index (χ0n) is 18.0. The van der Waals surface area contributed by atoms with Gasteiger partial charge in [0.05, 0.1) is 17.0 Å². The van der Waals surface area contributed by atoms with Gasteiger partial charge in [0.25, 0.3) is 11.5 Å². The Bertz CT molecular complexity index is 1250. The summed E-state index contributed by atoms with van der Waals surface area (Å²) in [4.78, 5) is 40.2. The molecule has 170 valence electrons. The monoisotopic (exact) mass is 483 g/mol. The maximum Gasteiger partial charge on any atom is 0.271 e. The second kappa shape index (κ2) is 10.6. The third kappa shape index (κ3) is 5.06. The normalized spacial score (nSPS) is 14.7. The molecule has 0 atom stereocenters. The average molecular weight is 484 g/mol. The van der Waals surface area contributed by atoms with Crippen molar-refractivity contribution >= 4 is 46.1 Å². The van der Waals surface area contributed by atoms with Gasteiger partial charge in [-0.1, -0.05) is 54.3 Å². The molecule has 1 aromatic heterocycles. The van der Waals surface area contributed by atoms with E-state index in [0.29, 0.717) is 17.9 Å². The topological polar surface area (TPSA) is 113 Å². The average Bonchev–Trinajstić information content (AvgIpc) is 3.04. The molecule has 0 spiro atoms. The number of aromatic nitrogens is 1. The van der Waals surface area contributed by atoms with Crippen LogP contribution in [0.15, 0.2) is 40.0 Å². The Kier molecular flexibility index (Phi) is 7.81. The van der Waals surface area contributed by atoms with Crippen LogP contribution in [0.3, 0.4) is 0 Å². The van der Waals surface area contributed by atoms with Gasteiger partial charge in [-0.05, 0) is 30.5 Å². The number of amides is 1. The lowest BCUT2D eigenvalue weighted by Gasteiger charge is -2.18. The molecule has 1 fully saturated rings. The van der Waals surface area contributed by atoms with Crippen LogP contribution in [0.4, 0.5) is 0 Å². The highest BCUT2D eigenvalue weighted by molar-refractivity contribution is 8.26. The molecule has 2 heterocycles. The number of thioether (sulfide) groups is 1. The number of nitriles is 1. The van der Waals surface area contributed by atoms with Gasteiger partial charge in [0.1, 0.15) is 16.0 Å². The molecule has 0 radical (unpaired) electrons. The molecule has 0 unspecified atom stereocenters. The number of hydrogen-bond donors (Lipinski definition) is 1. The largest absolute Gasteiger partial charge is 0.494 e. The van der Waals surface area contributed by atoms with Crippen molar-refractivity contribution in [3.63, 3.8) is 0 Å². The minimum absolute atomic E-state index is 0.0641. The third-order valence-electron chi connectivity index (χ3n) is 5.08. The van der Waals surface area contributed by atoms with Crippen LogP contribution in [0.1, 0.15) is 33.5 Å². The van der Waals surface area contributed by atoms with Crippen LogP contribution in [0, 0.1) is 18.3 Å². The van der Waals surface area contributed by atoms with Crippen LogP contribution < -0.4 is 5.56 Å². The lowest BCUT2D eigenvalue weighted by molar-refractivity contribution is -0.121. The van der Waals surface area contributed by atoms with E-state index in [-0.39, 0.29) is 27.6 Å². The van der Waals surface area contributed by atoms with Crippen molar-refractivity contribution in [2.45, 2.75) is 19.9 Å². The van der Waals surface area contributed by atoms with E-state index in [0.717, 1.165) is 26.8 Å². The molecule has 1 aliphatic rings. The Morgan fingerprint density at radius 1 is 1.30 bits per heavy atom. The molecular weight excluding hydrogens is 462 g/mol. The minimum Gasteiger partial charge on any atom is -0.494 e. The summed E-state index contributed by atoms with van der Waals surface area (Å²) in [5.41, 5.74) is -0.206. The van der Waals surface area contributed by atoms with Gasteiger partial charge in [-0.3, -0.25) is 23.9 Å². The molecule has 1 N–H and O–H groups in total. The Labute approximate surface area is 200 Å². The maximum atomic E-state index is 13.2. The summed E-state index contributed by atoms with van der Waals surface area (Å²) < 4.78 is 6.16. The second-order valence-corrected chi connectivity index (χ2v) is 8.89. The Morgan fingerprint density at radius 2 is 2.00 bits per heavy atom. The fraction of sp³-hybridized carbons (Fsp3) is 0.261. The van der Waals surface area contributed by atoms with Crippen molar-refractivity contribution in [3.05, 3.63) is 67.8 Å². The Balaban J connectivity index is 1.92. The first-order valence-electron chi connectivity index (χ1n) is 9.99. The lowest BCUT2D eigenvalue weighted by Crippen LogP contribution is -2.35. The number of ether oxygens (including phenoxy) is 1. The molecule has 1 saturated heterocycles. The van der Waals surface area contributed by atoms with E-state index < -0.39 is 29.7 Å². The highest BCUT2D eigenvalue weighted by atomic mass is 32.2. The molecule has 0 aliphatic carbocycles. The van der Waals surface area contributed by atoms with Crippen LogP contribution in [-0.4, -0.2) is 50.8 Å². The summed E-state index contributed by atoms with van der Waals surface area (Å²) in [6.45, 7) is 1.39. The van der Waals surface area contributed by atoms with E-state index in [2.05, 4.69) is 0 Å². The van der Waals surface area contributed by atoms with Gasteiger partial charge in [0.15, 0.2) is 5.78 Å². The van der Waals surface area contributed by atoms with Gasteiger partial charge >= 0.3 is 0 Å². The van der Waals surface area contributed by atoms with Gasteiger partial charge in [-0.25, -0.2) is 0 Å². The number of thiocarbonyl (C=S) groups is 1. The molecule has 1 aliphatic heterocycles. The van der Waals surface area contributed by atoms with Crippen molar-refractivity contribution in [3.8, 4) is 11.9 Å². The summed E-state index contributed by atoms with van der Waals surface area (Å²) in [6, 6.07) is 11.0. The van der Waals surface area contributed by atoms with Crippen LogP contribution in [0.25, 0.3) is 6.08 Å². The third-order valence-corrected chi connectivity index (χ3v) is 6.46. The van der Waals surface area contributed by atoms with Gasteiger partial charge in [-0.15, -0.1) is 0 Å². The van der Waals surface area contributed by atoms with E-state index in [1.807, 2.05) is 36.4 Å². The summed E-state index contributed by atoms with van der Waals surface area (Å²) >= 11 is 6.38. The molecule has 0 bridgehead atoms. The van der Waals surface area contributed by atoms with Gasteiger partial charge < -0.3 is 9.84 Å². The van der Waals surface area contributed by atoms with Crippen molar-refractivity contribution in [1.82, 2.24) is 9.47 Å². The number of benzene rings is 1. The summed E-state index contributed by atoms with van der Waals surface area (Å²) in [5.74, 6) is -1.59. The molecule has 10 heteroatoms. The molecule has 0 saturated carbocycles. The maximum absolute atomic E-state index is 13.2. The standard InChI is InChI=1S/C23H21N3O5S2/c1-14-16(12-24)20(28)25(9-6-10-31-2)22(30)19(14)17(27)13-26-21(29)18(33-23(26)32)11-15-7-4-3-5-8-15/h3-5,7-8,11,30H,6,9-10,13H2,1-2H3/b18-11-. The number of carbonyl (C=O) groups is 2. The van der Waals surface area contributed by atoms with Crippen LogP contribution >= 0.6 is 24.0 Å². The highest BCUT2D eigenvalue weighted by Crippen LogP contribution is 2.33. The first-order chi connectivity index (χ1) is 15.8. The molecule has 1 amide bonds. The van der Waals surface area contributed by atoms with E-state index in [1.54, 1.807) is 6.08 Å². The second-order valence-electron chi connectivity index (χ2n) is 7.22. The zero-order valence-corrected chi connectivity index (χ0v) is 19.7. The van der Waals surface area contributed by atoms with Crippen LogP contribution in [0.2, 0.25) is 0 Å². The number of aromatic hydroxyl groups is 1. The number of ketones is 1. The molecule has 1 aromatic carbocycles. The number of rotatable bonds is 8. The summed E-state index contributed by atoms with van der Waals surface area (Å²) in [7, 11) is 1.50. The summed E-state index contributed by atoms with van der Waals surface area (Å²) in [6.07, 6.45) is 2.08. The quantitative estimate of drug-likeness (QED) is 0.264. The number of pyridine rings is 1. The molecule has 3 rings (SSSR count). The summed E-state index contributed by atoms with van der Waals surface area (Å²) in [5, 5.41) is 20.2. The molecular formula is C23H21N3O5S2. The first kappa shape index (κ1) is 24.4. The predicted octanol–water partition coefficient (Wildman–Crippen LogP) is 2.85. The number of nitrogens with zero attached hydrogens (tertiary/aromatic N) is 3. The van der Waals surface area contributed by atoms with Crippen molar-refractivity contribution in [2.75, 3.05) is 20.3 Å². The van der Waals surface area contributed by atoms with E-state index in [1.165, 1.54) is 14.0 Å². The van der Waals surface area contributed by atoms with Gasteiger partial charge in [-0.2, -0.15) is 5.26 Å². The van der Waals surface area contributed by atoms with E-state index in [9.17, 15) is 24.8 Å². The molecule has 2 aromatic rings. The smallest absolute Gasteiger partial charge is 0.271 e. The zero-order chi connectivity index (χ0) is 24.1. The first-order valence-corrected chi connectivity index (χ1v) is 11.2. The Morgan fingerprint density at radius 3 is 2.64 bits per heavy atom. The minimum atomic E-state index is -0.684. The number of Topliss-reactive ketones (excluding diaryl/α,β-unsaturated/α-hetero) is 1. The van der Waals surface area contributed by atoms with Gasteiger partial charge in [0, 0.05) is 20.3 Å². The van der Waals surface area contributed by atoms with E-state index in [4.69, 9.17) is 17.0 Å². The van der Waals surface area contributed by atoms with E-state index >= 15 is 0 Å². The van der Waals surface area contributed by atoms with Gasteiger partial charge in [0.2, 0.25) is 5.88 Å². The van der Waals surface area contributed by atoms with Crippen LogP contribution in [-0.2, 0) is 16.1 Å². The van der Waals surface area contributed by atoms with Crippen LogP contribution in [0.5, 0.6) is 5.88 Å². The number of carbonyl (C=O) groups excluding carboxylic acids is 2. The van der Waals surface area contributed by atoms with Crippen molar-refractivity contribution < 1.29 is 19.4 Å². The molecule has 8 nitrogen and oxygen atoms in total. The SMILES string of the molecule is COCCCn1c(O)c(C(=O)CN2C(=O)/C(=C/c3ccccc3)SC2=S)c(C)c(C#N)c1=O. The number of methoxy groups -OCH3 is 1. The highest BCUT2D eigenvalue weighted by Gasteiger charge is 2.35. The fourth-order valence-corrected chi connectivity index (χ4v) is 4.67. The molecule has 33 heavy (non-hydrogen) atoms. The van der Waals surface area contributed by atoms with Crippen molar-refractivity contribution in [2.24, 2.45) is 0 Å².